The monoisotopic (exact) mass is 443 g/mol. The Labute approximate surface area is 185 Å². The van der Waals surface area contributed by atoms with Gasteiger partial charge in [0.1, 0.15) is 5.75 Å². The summed E-state index contributed by atoms with van der Waals surface area (Å²) in [5.41, 5.74) is 1.77. The van der Waals surface area contributed by atoms with Crippen LogP contribution in [0.4, 0.5) is 5.69 Å². The highest BCUT2D eigenvalue weighted by atomic mass is 35.5. The maximum absolute atomic E-state index is 13.3. The second-order valence-corrected chi connectivity index (χ2v) is 7.04. The number of esters is 1. The van der Waals surface area contributed by atoms with E-state index in [0.717, 1.165) is 0 Å². The van der Waals surface area contributed by atoms with Gasteiger partial charge in [-0.05, 0) is 55.8 Å². The van der Waals surface area contributed by atoms with Gasteiger partial charge < -0.3 is 19.3 Å². The zero-order valence-electron chi connectivity index (χ0n) is 17.6. The topological polar surface area (TPSA) is 85.3 Å². The minimum atomic E-state index is -0.636. The van der Waals surface area contributed by atoms with Crippen molar-refractivity contribution in [2.24, 2.45) is 0 Å². The summed E-state index contributed by atoms with van der Waals surface area (Å²) < 4.78 is 15.5. The van der Waals surface area contributed by atoms with Gasteiger partial charge in [0.15, 0.2) is 11.5 Å². The summed E-state index contributed by atoms with van der Waals surface area (Å²) in [7, 11) is 2.75. The second kappa shape index (κ2) is 9.14. The van der Waals surface area contributed by atoms with E-state index >= 15 is 0 Å². The first kappa shape index (κ1) is 22.2. The quantitative estimate of drug-likeness (QED) is 0.528. The van der Waals surface area contributed by atoms with Crippen LogP contribution in [0.2, 0.25) is 5.02 Å². The van der Waals surface area contributed by atoms with Crippen LogP contribution in [0.15, 0.2) is 53.2 Å². The van der Waals surface area contributed by atoms with E-state index in [1.54, 1.807) is 50.3 Å². The number of benzene rings is 2. The molecule has 162 valence electrons. The molecule has 1 aliphatic heterocycles. The van der Waals surface area contributed by atoms with E-state index in [-0.39, 0.29) is 22.6 Å². The molecular formula is C23H22ClNO6. The SMILES string of the molecule is CCOc1cc(/C=C2\C(=O)N(c3ccc(OC)c(Cl)c3)C(C)=C2C(=O)OC)ccc1O. The van der Waals surface area contributed by atoms with Gasteiger partial charge in [0, 0.05) is 5.70 Å². The van der Waals surface area contributed by atoms with Crippen LogP contribution in [0.25, 0.3) is 6.08 Å². The number of aromatic hydroxyl groups is 1. The molecule has 0 spiro atoms. The van der Waals surface area contributed by atoms with Crippen molar-refractivity contribution in [1.29, 1.82) is 0 Å². The van der Waals surface area contributed by atoms with Crippen LogP contribution in [0.1, 0.15) is 19.4 Å². The fourth-order valence-corrected chi connectivity index (χ4v) is 3.60. The maximum atomic E-state index is 13.3. The Morgan fingerprint density at radius 3 is 2.52 bits per heavy atom. The Bertz CT molecular complexity index is 1110. The number of methoxy groups -OCH3 is 2. The highest BCUT2D eigenvalue weighted by Crippen LogP contribution is 2.38. The van der Waals surface area contributed by atoms with E-state index in [9.17, 15) is 14.7 Å². The average molecular weight is 444 g/mol. The summed E-state index contributed by atoms with van der Waals surface area (Å²) in [5.74, 6) is -0.319. The van der Waals surface area contributed by atoms with Gasteiger partial charge >= 0.3 is 5.97 Å². The van der Waals surface area contributed by atoms with Crippen molar-refractivity contribution in [1.82, 2.24) is 0 Å². The number of carbonyl (C=O) groups excluding carboxylic acids is 2. The predicted molar refractivity (Wildman–Crippen MR) is 117 cm³/mol. The molecule has 0 fully saturated rings. The van der Waals surface area contributed by atoms with Crippen molar-refractivity contribution in [2.45, 2.75) is 13.8 Å². The van der Waals surface area contributed by atoms with E-state index in [1.807, 2.05) is 0 Å². The molecule has 0 aliphatic carbocycles. The number of hydrogen-bond donors (Lipinski definition) is 1. The number of phenolic OH excluding ortho intramolecular Hbond substituents is 1. The molecule has 3 rings (SSSR count). The zero-order valence-corrected chi connectivity index (χ0v) is 18.3. The number of amides is 1. The van der Waals surface area contributed by atoms with E-state index in [4.69, 9.17) is 25.8 Å². The van der Waals surface area contributed by atoms with Crippen molar-refractivity contribution >= 4 is 35.2 Å². The molecule has 0 saturated carbocycles. The molecule has 31 heavy (non-hydrogen) atoms. The van der Waals surface area contributed by atoms with Crippen molar-refractivity contribution in [2.75, 3.05) is 25.7 Å². The number of rotatable bonds is 6. The highest BCUT2D eigenvalue weighted by molar-refractivity contribution is 6.32. The molecule has 8 heteroatoms. The number of carbonyl (C=O) groups is 2. The fourth-order valence-electron chi connectivity index (χ4n) is 3.34. The Balaban J connectivity index is 2.12. The van der Waals surface area contributed by atoms with Gasteiger partial charge in [0.25, 0.3) is 5.91 Å². The molecule has 0 radical (unpaired) electrons. The summed E-state index contributed by atoms with van der Waals surface area (Å²) in [6.07, 6.45) is 1.56. The average Bonchev–Trinajstić information content (AvgIpc) is 2.99. The molecule has 1 heterocycles. The second-order valence-electron chi connectivity index (χ2n) is 6.63. The number of allylic oxidation sites excluding steroid dienone is 1. The lowest BCUT2D eigenvalue weighted by Crippen LogP contribution is -2.24. The Hall–Kier alpha value is -3.45. The third-order valence-electron chi connectivity index (χ3n) is 4.78. The minimum Gasteiger partial charge on any atom is -0.504 e. The number of halogens is 1. The Morgan fingerprint density at radius 1 is 1.16 bits per heavy atom. The molecular weight excluding hydrogens is 422 g/mol. The minimum absolute atomic E-state index is 0.0174. The van der Waals surface area contributed by atoms with Crippen molar-refractivity contribution in [3.8, 4) is 17.2 Å². The van der Waals surface area contributed by atoms with Crippen LogP contribution in [0.5, 0.6) is 17.2 Å². The van der Waals surface area contributed by atoms with Crippen LogP contribution in [0, 0.1) is 0 Å². The van der Waals surface area contributed by atoms with Crippen molar-refractivity contribution in [3.05, 3.63) is 63.8 Å². The molecule has 1 amide bonds. The van der Waals surface area contributed by atoms with Crippen molar-refractivity contribution < 1.29 is 28.9 Å². The molecule has 0 aromatic heterocycles. The lowest BCUT2D eigenvalue weighted by Gasteiger charge is -2.19. The van der Waals surface area contributed by atoms with Gasteiger partial charge in [0.2, 0.25) is 0 Å². The van der Waals surface area contributed by atoms with Crippen LogP contribution in [0.3, 0.4) is 0 Å². The smallest absolute Gasteiger partial charge is 0.340 e. The summed E-state index contributed by atoms with van der Waals surface area (Å²) in [5, 5.41) is 10.3. The summed E-state index contributed by atoms with van der Waals surface area (Å²) >= 11 is 6.23. The molecule has 1 aliphatic rings. The third-order valence-corrected chi connectivity index (χ3v) is 5.07. The molecule has 0 bridgehead atoms. The number of phenols is 1. The summed E-state index contributed by atoms with van der Waals surface area (Å²) in [6.45, 7) is 3.82. The molecule has 0 unspecified atom stereocenters. The number of ether oxygens (including phenoxy) is 3. The van der Waals surface area contributed by atoms with E-state index in [0.29, 0.717) is 34.3 Å². The highest BCUT2D eigenvalue weighted by Gasteiger charge is 2.38. The first-order chi connectivity index (χ1) is 14.8. The molecule has 0 saturated heterocycles. The predicted octanol–water partition coefficient (Wildman–Crippen LogP) is 4.33. The van der Waals surface area contributed by atoms with Crippen LogP contribution in [-0.4, -0.2) is 37.8 Å². The normalized spacial score (nSPS) is 14.9. The number of hydrogen-bond acceptors (Lipinski definition) is 6. The Kier molecular flexibility index (Phi) is 6.56. The lowest BCUT2D eigenvalue weighted by molar-refractivity contribution is -0.136. The summed E-state index contributed by atoms with van der Waals surface area (Å²) in [4.78, 5) is 27.3. The number of nitrogens with zero attached hydrogens (tertiary/aromatic N) is 1. The molecule has 2 aromatic rings. The van der Waals surface area contributed by atoms with E-state index in [2.05, 4.69) is 0 Å². The molecule has 1 N–H and O–H groups in total. The standard InChI is InChI=1S/C23H22ClNO6/c1-5-31-20-11-14(6-8-18(20)26)10-16-21(23(28)30-4)13(2)25(22(16)27)15-7-9-19(29-3)17(24)12-15/h6-12,26H,5H2,1-4H3/b16-10-. The van der Waals surface area contributed by atoms with E-state index in [1.165, 1.54) is 25.2 Å². The van der Waals surface area contributed by atoms with Gasteiger partial charge in [-0.3, -0.25) is 9.69 Å². The first-order valence-electron chi connectivity index (χ1n) is 9.47. The fraction of sp³-hybridized carbons (Fsp3) is 0.217. The molecule has 2 aromatic carbocycles. The van der Waals surface area contributed by atoms with Gasteiger partial charge in [-0.15, -0.1) is 0 Å². The summed E-state index contributed by atoms with van der Waals surface area (Å²) in [6, 6.07) is 9.59. The lowest BCUT2D eigenvalue weighted by atomic mass is 10.0. The van der Waals surface area contributed by atoms with E-state index < -0.39 is 11.9 Å². The van der Waals surface area contributed by atoms with Gasteiger partial charge in [-0.2, -0.15) is 0 Å². The van der Waals surface area contributed by atoms with Gasteiger partial charge in [-0.25, -0.2) is 4.79 Å². The zero-order chi connectivity index (χ0) is 22.7. The van der Waals surface area contributed by atoms with Crippen molar-refractivity contribution in [3.63, 3.8) is 0 Å². The first-order valence-corrected chi connectivity index (χ1v) is 9.85. The van der Waals surface area contributed by atoms with Crippen LogP contribution in [-0.2, 0) is 14.3 Å². The van der Waals surface area contributed by atoms with Gasteiger partial charge in [-0.1, -0.05) is 17.7 Å². The third kappa shape index (κ3) is 4.22. The maximum Gasteiger partial charge on any atom is 0.340 e. The van der Waals surface area contributed by atoms with Crippen LogP contribution >= 0.6 is 11.6 Å². The van der Waals surface area contributed by atoms with Gasteiger partial charge in [0.05, 0.1) is 42.7 Å². The number of anilines is 1. The van der Waals surface area contributed by atoms with Crippen LogP contribution < -0.4 is 14.4 Å². The molecule has 0 atom stereocenters. The Morgan fingerprint density at radius 2 is 1.90 bits per heavy atom. The molecule has 7 nitrogen and oxygen atoms in total. The largest absolute Gasteiger partial charge is 0.504 e.